The molecule has 2 heteroatoms. The predicted molar refractivity (Wildman–Crippen MR) is 208 cm³/mol. The van der Waals surface area contributed by atoms with Crippen molar-refractivity contribution in [2.24, 2.45) is 0 Å². The van der Waals surface area contributed by atoms with Gasteiger partial charge in [0.25, 0.3) is 0 Å². The molecule has 1 aromatic heterocycles. The Labute approximate surface area is 284 Å². The Balaban J connectivity index is 1.23. The normalized spacial score (nSPS) is 11.3. The van der Waals surface area contributed by atoms with Crippen molar-refractivity contribution in [1.29, 1.82) is 0 Å². The fourth-order valence-electron chi connectivity index (χ4n) is 6.99. The van der Waals surface area contributed by atoms with E-state index in [1.165, 1.54) is 64.3 Å². The first-order valence-electron chi connectivity index (χ1n) is 16.4. The lowest BCUT2D eigenvalue weighted by atomic mass is 9.94. The van der Waals surface area contributed by atoms with E-state index in [-0.39, 0.29) is 0 Å². The average Bonchev–Trinajstić information content (AvgIpc) is 3.55. The first-order chi connectivity index (χ1) is 23.8. The first kappa shape index (κ1) is 28.3. The highest BCUT2D eigenvalue weighted by atomic mass is 32.1. The van der Waals surface area contributed by atoms with E-state index in [9.17, 15) is 0 Å². The zero-order valence-electron chi connectivity index (χ0n) is 26.3. The quantitative estimate of drug-likeness (QED) is 0.177. The second kappa shape index (κ2) is 12.0. The first-order valence-corrected chi connectivity index (χ1v) is 17.2. The van der Waals surface area contributed by atoms with Crippen molar-refractivity contribution >= 4 is 59.3 Å². The monoisotopic (exact) mass is 629 g/mol. The van der Waals surface area contributed by atoms with Crippen LogP contribution < -0.4 is 4.90 Å². The summed E-state index contributed by atoms with van der Waals surface area (Å²) in [5.74, 6) is 0. The fraction of sp³-hybridized carbons (Fsp3) is 0. The van der Waals surface area contributed by atoms with Gasteiger partial charge in [-0.25, -0.2) is 0 Å². The topological polar surface area (TPSA) is 3.24 Å². The lowest BCUT2D eigenvalue weighted by molar-refractivity contribution is 1.28. The Morgan fingerprint density at radius 2 is 0.938 bits per heavy atom. The van der Waals surface area contributed by atoms with Gasteiger partial charge in [-0.05, 0) is 75.0 Å². The van der Waals surface area contributed by atoms with E-state index in [0.29, 0.717) is 0 Å². The molecule has 0 saturated carbocycles. The number of hydrogen-bond acceptors (Lipinski definition) is 2. The molecule has 0 atom stereocenters. The van der Waals surface area contributed by atoms with E-state index in [1.54, 1.807) is 0 Å². The minimum Gasteiger partial charge on any atom is -0.310 e. The Kier molecular flexibility index (Phi) is 7.07. The molecule has 0 aliphatic carbocycles. The van der Waals surface area contributed by atoms with Crippen LogP contribution in [0.5, 0.6) is 0 Å². The largest absolute Gasteiger partial charge is 0.310 e. The average molecular weight is 630 g/mol. The number of anilines is 3. The molecule has 0 aliphatic heterocycles. The molecule has 48 heavy (non-hydrogen) atoms. The van der Waals surface area contributed by atoms with Crippen molar-refractivity contribution in [2.75, 3.05) is 4.90 Å². The van der Waals surface area contributed by atoms with Crippen LogP contribution in [0.25, 0.3) is 64.3 Å². The van der Waals surface area contributed by atoms with Gasteiger partial charge in [0, 0.05) is 37.1 Å². The van der Waals surface area contributed by atoms with E-state index in [1.807, 2.05) is 11.3 Å². The Hall–Kier alpha value is -5.96. The Morgan fingerprint density at radius 3 is 1.77 bits per heavy atom. The smallest absolute Gasteiger partial charge is 0.0546 e. The minimum atomic E-state index is 1.11. The summed E-state index contributed by atoms with van der Waals surface area (Å²) < 4.78 is 2.66. The van der Waals surface area contributed by atoms with Crippen LogP contribution in [-0.2, 0) is 0 Å². The molecule has 226 valence electrons. The summed E-state index contributed by atoms with van der Waals surface area (Å²) >= 11 is 1.88. The molecule has 0 N–H and O–H groups in total. The molecule has 1 heterocycles. The Bertz CT molecular complexity index is 2540. The number of rotatable bonds is 6. The van der Waals surface area contributed by atoms with Gasteiger partial charge in [-0.3, -0.25) is 0 Å². The SMILES string of the molecule is c1ccc(-c2ccc(-c3cccc4ccccc34)cc2N(c2ccccc2)c2ccc(-c3cccc4c3sc3ccccc34)cc2)cc1. The van der Waals surface area contributed by atoms with Crippen molar-refractivity contribution in [2.45, 2.75) is 0 Å². The van der Waals surface area contributed by atoms with Crippen LogP contribution in [0.2, 0.25) is 0 Å². The van der Waals surface area contributed by atoms with E-state index in [2.05, 4.69) is 193 Å². The van der Waals surface area contributed by atoms with Gasteiger partial charge in [-0.15, -0.1) is 11.3 Å². The van der Waals surface area contributed by atoms with E-state index >= 15 is 0 Å². The van der Waals surface area contributed by atoms with Crippen molar-refractivity contribution in [3.63, 3.8) is 0 Å². The number of para-hydroxylation sites is 1. The molecule has 0 spiro atoms. The van der Waals surface area contributed by atoms with E-state index < -0.39 is 0 Å². The summed E-state index contributed by atoms with van der Waals surface area (Å²) in [6.45, 7) is 0. The van der Waals surface area contributed by atoms with Crippen LogP contribution >= 0.6 is 11.3 Å². The van der Waals surface area contributed by atoms with Crippen molar-refractivity contribution in [1.82, 2.24) is 0 Å². The number of fused-ring (bicyclic) bond motifs is 4. The highest BCUT2D eigenvalue weighted by molar-refractivity contribution is 7.26. The number of thiophene rings is 1. The summed E-state index contributed by atoms with van der Waals surface area (Å²) in [5.41, 5.74) is 10.6. The highest BCUT2D eigenvalue weighted by Crippen LogP contribution is 2.45. The van der Waals surface area contributed by atoms with Crippen LogP contribution in [0, 0.1) is 0 Å². The fourth-order valence-corrected chi connectivity index (χ4v) is 8.23. The molecular formula is C46H31NS. The number of benzene rings is 8. The maximum atomic E-state index is 2.40. The Morgan fingerprint density at radius 1 is 0.354 bits per heavy atom. The van der Waals surface area contributed by atoms with Crippen LogP contribution in [0.3, 0.4) is 0 Å². The van der Waals surface area contributed by atoms with Crippen molar-refractivity contribution in [3.8, 4) is 33.4 Å². The molecule has 0 bridgehead atoms. The van der Waals surface area contributed by atoms with E-state index in [0.717, 1.165) is 17.1 Å². The van der Waals surface area contributed by atoms with Gasteiger partial charge in [0.1, 0.15) is 0 Å². The molecule has 9 aromatic rings. The summed E-state index contributed by atoms with van der Waals surface area (Å²) in [5, 5.41) is 5.14. The molecule has 8 aromatic carbocycles. The van der Waals surface area contributed by atoms with Crippen LogP contribution in [0.15, 0.2) is 188 Å². The van der Waals surface area contributed by atoms with Gasteiger partial charge in [0.15, 0.2) is 0 Å². The van der Waals surface area contributed by atoms with Gasteiger partial charge in [0.05, 0.1) is 5.69 Å². The number of hydrogen-bond donors (Lipinski definition) is 0. The summed E-state index contributed by atoms with van der Waals surface area (Å²) in [6, 6.07) is 68.1. The molecule has 1 nitrogen and oxygen atoms in total. The molecule has 0 amide bonds. The van der Waals surface area contributed by atoms with Crippen molar-refractivity contribution < 1.29 is 0 Å². The summed E-state index contributed by atoms with van der Waals surface area (Å²) in [6.07, 6.45) is 0. The molecule has 0 radical (unpaired) electrons. The van der Waals surface area contributed by atoms with Gasteiger partial charge < -0.3 is 4.90 Å². The third kappa shape index (κ3) is 4.95. The zero-order chi connectivity index (χ0) is 31.9. The molecule has 9 rings (SSSR count). The molecule has 0 saturated heterocycles. The third-order valence-electron chi connectivity index (χ3n) is 9.28. The molecule has 0 unspecified atom stereocenters. The minimum absolute atomic E-state index is 1.11. The lowest BCUT2D eigenvalue weighted by Crippen LogP contribution is -2.11. The summed E-state index contributed by atoms with van der Waals surface area (Å²) in [7, 11) is 0. The highest BCUT2D eigenvalue weighted by Gasteiger charge is 2.19. The van der Waals surface area contributed by atoms with Gasteiger partial charge in [0.2, 0.25) is 0 Å². The van der Waals surface area contributed by atoms with Gasteiger partial charge >= 0.3 is 0 Å². The number of nitrogens with zero attached hydrogens (tertiary/aromatic N) is 1. The van der Waals surface area contributed by atoms with Crippen LogP contribution in [0.4, 0.5) is 17.1 Å². The van der Waals surface area contributed by atoms with Crippen molar-refractivity contribution in [3.05, 3.63) is 188 Å². The van der Waals surface area contributed by atoms with Crippen LogP contribution in [-0.4, -0.2) is 0 Å². The second-order valence-electron chi connectivity index (χ2n) is 12.1. The molecular weight excluding hydrogens is 599 g/mol. The third-order valence-corrected chi connectivity index (χ3v) is 10.5. The molecule has 0 fully saturated rings. The van der Waals surface area contributed by atoms with Crippen LogP contribution in [0.1, 0.15) is 0 Å². The summed E-state index contributed by atoms with van der Waals surface area (Å²) in [4.78, 5) is 2.40. The maximum Gasteiger partial charge on any atom is 0.0546 e. The predicted octanol–water partition coefficient (Wildman–Crippen LogP) is 13.7. The van der Waals surface area contributed by atoms with Gasteiger partial charge in [-0.1, -0.05) is 152 Å². The van der Waals surface area contributed by atoms with Gasteiger partial charge in [-0.2, -0.15) is 0 Å². The zero-order valence-corrected chi connectivity index (χ0v) is 27.1. The maximum absolute atomic E-state index is 2.40. The standard InChI is InChI=1S/C46H31NS/c1-3-13-33(14-4-1)40-30-27-35(39-21-11-16-32-15-7-8-19-38(32)39)31-44(40)47(36-17-5-2-6-18-36)37-28-25-34(26-29-37)41-22-12-23-43-42-20-9-10-24-45(42)48-46(41)43/h1-31H. The lowest BCUT2D eigenvalue weighted by Gasteiger charge is -2.29. The van der Waals surface area contributed by atoms with E-state index in [4.69, 9.17) is 0 Å². The molecule has 0 aliphatic rings. The second-order valence-corrected chi connectivity index (χ2v) is 13.2.